The van der Waals surface area contributed by atoms with E-state index in [0.29, 0.717) is 5.92 Å². The van der Waals surface area contributed by atoms with Gasteiger partial charge in [-0.15, -0.1) is 5.10 Å². The van der Waals surface area contributed by atoms with Gasteiger partial charge in [0.1, 0.15) is 0 Å². The molecule has 0 saturated carbocycles. The van der Waals surface area contributed by atoms with Crippen molar-refractivity contribution in [1.82, 2.24) is 15.0 Å². The first-order chi connectivity index (χ1) is 7.36. The fourth-order valence-electron chi connectivity index (χ4n) is 2.57. The van der Waals surface area contributed by atoms with Crippen molar-refractivity contribution >= 4 is 0 Å². The molecule has 0 aliphatic heterocycles. The molecule has 0 fully saturated rings. The Hall–Kier alpha value is -0.860. The van der Waals surface area contributed by atoms with Crippen molar-refractivity contribution in [2.75, 3.05) is 0 Å². The van der Waals surface area contributed by atoms with Gasteiger partial charge in [-0.05, 0) is 32.6 Å². The number of aromatic nitrogens is 3. The minimum Gasteiger partial charge on any atom is -0.249 e. The van der Waals surface area contributed by atoms with Crippen LogP contribution in [0.2, 0.25) is 0 Å². The Bertz CT molecular complexity index is 317. The van der Waals surface area contributed by atoms with Crippen molar-refractivity contribution in [3.05, 3.63) is 11.4 Å². The predicted octanol–water partition coefficient (Wildman–Crippen LogP) is 2.91. The van der Waals surface area contributed by atoms with Crippen LogP contribution in [-0.4, -0.2) is 15.0 Å². The number of nitrogens with zero attached hydrogens (tertiary/aromatic N) is 3. The topological polar surface area (TPSA) is 30.7 Å². The fourth-order valence-corrected chi connectivity index (χ4v) is 2.57. The molecule has 1 atom stereocenters. The van der Waals surface area contributed by atoms with Crippen molar-refractivity contribution in [3.63, 3.8) is 0 Å². The average molecular weight is 207 g/mol. The molecule has 3 nitrogen and oxygen atoms in total. The third-order valence-corrected chi connectivity index (χ3v) is 3.51. The number of hydrogen-bond acceptors (Lipinski definition) is 2. The van der Waals surface area contributed by atoms with Gasteiger partial charge in [-0.25, -0.2) is 4.68 Å². The average Bonchev–Trinajstić information content (AvgIpc) is 2.61. The Morgan fingerprint density at radius 2 is 2.13 bits per heavy atom. The van der Waals surface area contributed by atoms with Gasteiger partial charge in [0.15, 0.2) is 0 Å². The summed E-state index contributed by atoms with van der Waals surface area (Å²) in [6, 6.07) is 0. The van der Waals surface area contributed by atoms with Crippen LogP contribution < -0.4 is 0 Å². The number of aryl methyl sites for hydroxylation is 1. The molecular weight excluding hydrogens is 186 g/mol. The molecule has 0 bridgehead atoms. The minimum atomic E-state index is 0.653. The fraction of sp³-hybridized carbons (Fsp3) is 0.833. The van der Waals surface area contributed by atoms with Crippen LogP contribution in [0.4, 0.5) is 0 Å². The second-order valence-electron chi connectivity index (χ2n) is 4.44. The van der Waals surface area contributed by atoms with Crippen LogP contribution >= 0.6 is 0 Å². The summed E-state index contributed by atoms with van der Waals surface area (Å²) in [6.45, 7) is 5.37. The highest BCUT2D eigenvalue weighted by Gasteiger charge is 2.21. The quantitative estimate of drug-likeness (QED) is 0.746. The van der Waals surface area contributed by atoms with E-state index in [1.165, 1.54) is 49.9 Å². The molecule has 15 heavy (non-hydrogen) atoms. The van der Waals surface area contributed by atoms with E-state index in [-0.39, 0.29) is 0 Å². The molecule has 0 saturated heterocycles. The number of rotatable bonds is 2. The Morgan fingerprint density at radius 1 is 1.27 bits per heavy atom. The van der Waals surface area contributed by atoms with E-state index in [0.717, 1.165) is 6.54 Å². The summed E-state index contributed by atoms with van der Waals surface area (Å²) in [6.07, 6.45) is 7.70. The lowest BCUT2D eigenvalue weighted by atomic mass is 9.90. The summed E-state index contributed by atoms with van der Waals surface area (Å²) < 4.78 is 2.09. The Labute approximate surface area is 91.9 Å². The summed E-state index contributed by atoms with van der Waals surface area (Å²) in [5.74, 6) is 0.653. The third-order valence-electron chi connectivity index (χ3n) is 3.51. The summed E-state index contributed by atoms with van der Waals surface area (Å²) in [5, 5.41) is 8.66. The molecule has 1 aliphatic carbocycles. The van der Waals surface area contributed by atoms with Gasteiger partial charge in [0.25, 0.3) is 0 Å². The highest BCUT2D eigenvalue weighted by molar-refractivity contribution is 5.16. The van der Waals surface area contributed by atoms with E-state index in [9.17, 15) is 0 Å². The first-order valence-corrected chi connectivity index (χ1v) is 6.29. The molecule has 0 aromatic carbocycles. The zero-order valence-electron chi connectivity index (χ0n) is 9.87. The van der Waals surface area contributed by atoms with Gasteiger partial charge in [-0.1, -0.05) is 25.0 Å². The van der Waals surface area contributed by atoms with E-state index in [2.05, 4.69) is 28.8 Å². The monoisotopic (exact) mass is 207 g/mol. The zero-order valence-corrected chi connectivity index (χ0v) is 9.87. The van der Waals surface area contributed by atoms with Gasteiger partial charge in [0.05, 0.1) is 11.4 Å². The summed E-state index contributed by atoms with van der Waals surface area (Å²) in [4.78, 5) is 0. The maximum atomic E-state index is 4.39. The normalized spacial score (nSPS) is 21.9. The molecule has 0 radical (unpaired) electrons. The Kier molecular flexibility index (Phi) is 3.39. The maximum absolute atomic E-state index is 4.39. The van der Waals surface area contributed by atoms with Crippen molar-refractivity contribution in [1.29, 1.82) is 0 Å². The molecule has 1 aromatic heterocycles. The summed E-state index contributed by atoms with van der Waals surface area (Å²) >= 11 is 0. The Morgan fingerprint density at radius 3 is 2.87 bits per heavy atom. The SMILES string of the molecule is CCC1CCCCCc2c1nnn2CC. The van der Waals surface area contributed by atoms with Gasteiger partial charge in [-0.3, -0.25) is 0 Å². The minimum absolute atomic E-state index is 0.653. The van der Waals surface area contributed by atoms with Crippen LogP contribution in [0.25, 0.3) is 0 Å². The van der Waals surface area contributed by atoms with Crippen molar-refractivity contribution in [3.8, 4) is 0 Å². The summed E-state index contributed by atoms with van der Waals surface area (Å²) in [5.41, 5.74) is 2.70. The maximum Gasteiger partial charge on any atom is 0.0889 e. The lowest BCUT2D eigenvalue weighted by Gasteiger charge is -2.17. The van der Waals surface area contributed by atoms with E-state index in [1.54, 1.807) is 0 Å². The third kappa shape index (κ3) is 2.06. The van der Waals surface area contributed by atoms with E-state index >= 15 is 0 Å². The van der Waals surface area contributed by atoms with Crippen LogP contribution in [0.5, 0.6) is 0 Å². The van der Waals surface area contributed by atoms with Crippen LogP contribution in [-0.2, 0) is 13.0 Å². The molecule has 2 rings (SSSR count). The molecule has 3 heteroatoms. The van der Waals surface area contributed by atoms with Gasteiger partial charge >= 0.3 is 0 Å². The van der Waals surface area contributed by atoms with Gasteiger partial charge in [0, 0.05) is 12.5 Å². The van der Waals surface area contributed by atoms with Crippen LogP contribution in [0.1, 0.15) is 63.3 Å². The second-order valence-corrected chi connectivity index (χ2v) is 4.44. The molecule has 0 amide bonds. The second kappa shape index (κ2) is 4.77. The van der Waals surface area contributed by atoms with Gasteiger partial charge in [0.2, 0.25) is 0 Å². The predicted molar refractivity (Wildman–Crippen MR) is 60.9 cm³/mol. The van der Waals surface area contributed by atoms with E-state index in [1.807, 2.05) is 0 Å². The largest absolute Gasteiger partial charge is 0.249 e. The van der Waals surface area contributed by atoms with E-state index < -0.39 is 0 Å². The number of fused-ring (bicyclic) bond motifs is 1. The van der Waals surface area contributed by atoms with Gasteiger partial charge in [-0.2, -0.15) is 0 Å². The number of hydrogen-bond donors (Lipinski definition) is 0. The van der Waals surface area contributed by atoms with E-state index in [4.69, 9.17) is 0 Å². The van der Waals surface area contributed by atoms with Gasteiger partial charge < -0.3 is 0 Å². The standard InChI is InChI=1S/C12H21N3/c1-3-10-8-6-5-7-9-11-12(10)13-14-15(11)4-2/h10H,3-9H2,1-2H3. The molecule has 1 aromatic rings. The first kappa shape index (κ1) is 10.7. The smallest absolute Gasteiger partial charge is 0.0889 e. The molecule has 0 N–H and O–H groups in total. The van der Waals surface area contributed by atoms with Crippen LogP contribution in [0.15, 0.2) is 0 Å². The Balaban J connectivity index is 2.32. The van der Waals surface area contributed by atoms with Crippen molar-refractivity contribution < 1.29 is 0 Å². The zero-order chi connectivity index (χ0) is 10.7. The van der Waals surface area contributed by atoms with Crippen LogP contribution in [0, 0.1) is 0 Å². The highest BCUT2D eigenvalue weighted by atomic mass is 15.4. The lowest BCUT2D eigenvalue weighted by molar-refractivity contribution is 0.505. The first-order valence-electron chi connectivity index (χ1n) is 6.29. The highest BCUT2D eigenvalue weighted by Crippen LogP contribution is 2.30. The van der Waals surface area contributed by atoms with Crippen molar-refractivity contribution in [2.24, 2.45) is 0 Å². The summed E-state index contributed by atoms with van der Waals surface area (Å²) in [7, 11) is 0. The molecule has 1 heterocycles. The molecule has 84 valence electrons. The van der Waals surface area contributed by atoms with Crippen LogP contribution in [0.3, 0.4) is 0 Å². The van der Waals surface area contributed by atoms with Crippen molar-refractivity contribution in [2.45, 2.75) is 64.8 Å². The molecule has 1 aliphatic rings. The molecule has 1 unspecified atom stereocenters. The molecule has 0 spiro atoms. The lowest BCUT2D eigenvalue weighted by Crippen LogP contribution is -2.09. The molecular formula is C12H21N3.